The van der Waals surface area contributed by atoms with Crippen LogP contribution in [0.25, 0.3) is 6.08 Å². The summed E-state index contributed by atoms with van der Waals surface area (Å²) in [5, 5.41) is 11.8. The van der Waals surface area contributed by atoms with Crippen molar-refractivity contribution in [2.45, 2.75) is 17.1 Å². The predicted molar refractivity (Wildman–Crippen MR) is 165 cm³/mol. The van der Waals surface area contributed by atoms with Crippen LogP contribution >= 0.6 is 23.1 Å². The molecule has 0 bridgehead atoms. The standard InChI is InChI=1S/C31H29N3O5S2/c1-20(29(35)33-26-13-12-24(38-2)18-28(26)39-3)41-25-11-7-10-23(17-25)32-31(37)27(16-21-14-15-40-19-21)34-30(36)22-8-5-4-6-9-22/h4-20H,1-3H3,(H,32,37)(H,33,35)(H,34,36)/b27-16-. The molecular weight excluding hydrogens is 558 g/mol. The lowest BCUT2D eigenvalue weighted by molar-refractivity contribution is -0.115. The van der Waals surface area contributed by atoms with Crippen molar-refractivity contribution in [2.75, 3.05) is 24.9 Å². The molecule has 0 aliphatic carbocycles. The van der Waals surface area contributed by atoms with Gasteiger partial charge in [0.2, 0.25) is 5.91 Å². The third-order valence-corrected chi connectivity index (χ3v) is 7.62. The zero-order valence-corrected chi connectivity index (χ0v) is 24.3. The number of anilines is 2. The Balaban J connectivity index is 1.44. The Labute approximate surface area is 246 Å². The minimum Gasteiger partial charge on any atom is -0.497 e. The first-order valence-electron chi connectivity index (χ1n) is 12.6. The number of ether oxygens (including phenoxy) is 2. The third kappa shape index (κ3) is 8.23. The van der Waals surface area contributed by atoms with Gasteiger partial charge in [-0.2, -0.15) is 11.3 Å². The van der Waals surface area contributed by atoms with Crippen LogP contribution in [0.2, 0.25) is 0 Å². The highest BCUT2D eigenvalue weighted by atomic mass is 32.2. The van der Waals surface area contributed by atoms with Crippen molar-refractivity contribution in [2.24, 2.45) is 0 Å². The minimum atomic E-state index is -0.472. The van der Waals surface area contributed by atoms with Crippen LogP contribution in [0.15, 0.2) is 100 Å². The molecule has 1 unspecified atom stereocenters. The molecule has 41 heavy (non-hydrogen) atoms. The Kier molecular flexibility index (Phi) is 10.2. The van der Waals surface area contributed by atoms with Crippen molar-refractivity contribution in [1.82, 2.24) is 5.32 Å². The SMILES string of the molecule is COc1ccc(NC(=O)C(C)Sc2cccc(NC(=O)/C(=C/c3ccsc3)NC(=O)c3ccccc3)c2)c(OC)c1. The van der Waals surface area contributed by atoms with Gasteiger partial charge in [0.15, 0.2) is 0 Å². The fraction of sp³-hybridized carbons (Fsp3) is 0.129. The fourth-order valence-corrected chi connectivity index (χ4v) is 5.25. The lowest BCUT2D eigenvalue weighted by Crippen LogP contribution is -2.30. The Bertz CT molecular complexity index is 1540. The number of thiophene rings is 1. The summed E-state index contributed by atoms with van der Waals surface area (Å²) in [5.74, 6) is 0.0387. The topological polar surface area (TPSA) is 106 Å². The van der Waals surface area contributed by atoms with Gasteiger partial charge in [0, 0.05) is 22.2 Å². The molecule has 0 saturated carbocycles. The third-order valence-electron chi connectivity index (χ3n) is 5.82. The summed E-state index contributed by atoms with van der Waals surface area (Å²) in [6.07, 6.45) is 1.63. The van der Waals surface area contributed by atoms with Crippen LogP contribution in [0, 0.1) is 0 Å². The summed E-state index contributed by atoms with van der Waals surface area (Å²) >= 11 is 2.83. The lowest BCUT2D eigenvalue weighted by Gasteiger charge is -2.15. The number of hydrogen-bond donors (Lipinski definition) is 3. The van der Waals surface area contributed by atoms with Crippen molar-refractivity contribution in [3.05, 3.63) is 106 Å². The van der Waals surface area contributed by atoms with Gasteiger partial charge >= 0.3 is 0 Å². The predicted octanol–water partition coefficient (Wildman–Crippen LogP) is 6.29. The first kappa shape index (κ1) is 29.4. The number of thioether (sulfide) groups is 1. The average molecular weight is 588 g/mol. The van der Waals surface area contributed by atoms with Gasteiger partial charge in [-0.1, -0.05) is 24.3 Å². The molecule has 0 spiro atoms. The monoisotopic (exact) mass is 587 g/mol. The van der Waals surface area contributed by atoms with Crippen molar-refractivity contribution >= 4 is 58.3 Å². The van der Waals surface area contributed by atoms with Gasteiger partial charge in [-0.3, -0.25) is 14.4 Å². The average Bonchev–Trinajstić information content (AvgIpc) is 3.50. The molecular formula is C31H29N3O5S2. The summed E-state index contributed by atoms with van der Waals surface area (Å²) in [6, 6.07) is 22.9. The molecule has 0 aliphatic heterocycles. The van der Waals surface area contributed by atoms with Gasteiger partial charge in [0.1, 0.15) is 17.2 Å². The smallest absolute Gasteiger partial charge is 0.272 e. The molecule has 210 valence electrons. The summed E-state index contributed by atoms with van der Waals surface area (Å²) < 4.78 is 10.6. The van der Waals surface area contributed by atoms with Crippen molar-refractivity contribution in [3.8, 4) is 11.5 Å². The van der Waals surface area contributed by atoms with Crippen LogP contribution in [-0.4, -0.2) is 37.2 Å². The van der Waals surface area contributed by atoms with E-state index in [0.717, 1.165) is 10.5 Å². The largest absolute Gasteiger partial charge is 0.497 e. The molecule has 0 fully saturated rings. The van der Waals surface area contributed by atoms with Crippen LogP contribution in [0.1, 0.15) is 22.8 Å². The van der Waals surface area contributed by atoms with E-state index in [-0.39, 0.29) is 17.5 Å². The highest BCUT2D eigenvalue weighted by Crippen LogP contribution is 2.31. The van der Waals surface area contributed by atoms with E-state index < -0.39 is 11.2 Å². The van der Waals surface area contributed by atoms with E-state index in [4.69, 9.17) is 9.47 Å². The summed E-state index contributed by atoms with van der Waals surface area (Å²) in [7, 11) is 3.08. The van der Waals surface area contributed by atoms with Crippen molar-refractivity contribution < 1.29 is 23.9 Å². The first-order chi connectivity index (χ1) is 19.9. The van der Waals surface area contributed by atoms with E-state index in [0.29, 0.717) is 28.4 Å². The summed E-state index contributed by atoms with van der Waals surface area (Å²) in [6.45, 7) is 1.79. The van der Waals surface area contributed by atoms with Gasteiger partial charge in [-0.05, 0) is 77.9 Å². The molecule has 3 N–H and O–H groups in total. The fourth-order valence-electron chi connectivity index (χ4n) is 3.71. The number of carbonyl (C=O) groups is 3. The second-order valence-corrected chi connectivity index (χ2v) is 10.9. The Morgan fingerprint density at radius 3 is 2.41 bits per heavy atom. The zero-order chi connectivity index (χ0) is 29.2. The van der Waals surface area contributed by atoms with Gasteiger partial charge < -0.3 is 25.4 Å². The molecule has 1 atom stereocenters. The molecule has 4 aromatic rings. The van der Waals surface area contributed by atoms with Gasteiger partial charge in [0.25, 0.3) is 11.8 Å². The quantitative estimate of drug-likeness (QED) is 0.141. The van der Waals surface area contributed by atoms with Crippen LogP contribution in [0.5, 0.6) is 11.5 Å². The van der Waals surface area contributed by atoms with E-state index in [1.165, 1.54) is 30.2 Å². The van der Waals surface area contributed by atoms with E-state index in [1.54, 1.807) is 80.8 Å². The molecule has 0 saturated heterocycles. The molecule has 3 aromatic carbocycles. The second kappa shape index (κ2) is 14.2. The number of rotatable bonds is 11. The lowest BCUT2D eigenvalue weighted by atomic mass is 10.2. The van der Waals surface area contributed by atoms with Gasteiger partial charge in [-0.15, -0.1) is 11.8 Å². The van der Waals surface area contributed by atoms with Crippen LogP contribution in [-0.2, 0) is 9.59 Å². The highest BCUT2D eigenvalue weighted by molar-refractivity contribution is 8.00. The van der Waals surface area contributed by atoms with Crippen molar-refractivity contribution in [3.63, 3.8) is 0 Å². The van der Waals surface area contributed by atoms with E-state index in [2.05, 4.69) is 16.0 Å². The highest BCUT2D eigenvalue weighted by Gasteiger charge is 2.18. The minimum absolute atomic E-state index is 0.108. The molecule has 8 nitrogen and oxygen atoms in total. The number of carbonyl (C=O) groups excluding carboxylic acids is 3. The van der Waals surface area contributed by atoms with Crippen LogP contribution in [0.4, 0.5) is 11.4 Å². The van der Waals surface area contributed by atoms with Gasteiger partial charge in [0.05, 0.1) is 25.2 Å². The van der Waals surface area contributed by atoms with Gasteiger partial charge in [-0.25, -0.2) is 0 Å². The zero-order valence-electron chi connectivity index (χ0n) is 22.7. The maximum atomic E-state index is 13.3. The normalized spacial score (nSPS) is 11.7. The molecule has 0 aliphatic rings. The number of methoxy groups -OCH3 is 2. The van der Waals surface area contributed by atoms with E-state index in [1.807, 2.05) is 29.0 Å². The number of hydrogen-bond acceptors (Lipinski definition) is 7. The number of benzene rings is 3. The molecule has 1 heterocycles. The van der Waals surface area contributed by atoms with Crippen LogP contribution in [0.3, 0.4) is 0 Å². The van der Waals surface area contributed by atoms with E-state index in [9.17, 15) is 14.4 Å². The van der Waals surface area contributed by atoms with E-state index >= 15 is 0 Å². The summed E-state index contributed by atoms with van der Waals surface area (Å²) in [5.41, 5.74) is 2.40. The number of amides is 3. The second-order valence-electron chi connectivity index (χ2n) is 8.73. The molecule has 3 amide bonds. The molecule has 1 aromatic heterocycles. The Morgan fingerprint density at radius 1 is 0.902 bits per heavy atom. The molecule has 10 heteroatoms. The number of nitrogens with one attached hydrogen (secondary N) is 3. The van der Waals surface area contributed by atoms with Crippen LogP contribution < -0.4 is 25.4 Å². The Hall–Kier alpha value is -4.54. The maximum absolute atomic E-state index is 13.3. The first-order valence-corrected chi connectivity index (χ1v) is 14.4. The van der Waals surface area contributed by atoms with Crippen molar-refractivity contribution in [1.29, 1.82) is 0 Å². The molecule has 4 rings (SSSR count). The maximum Gasteiger partial charge on any atom is 0.272 e. The molecule has 0 radical (unpaired) electrons. The summed E-state index contributed by atoms with van der Waals surface area (Å²) in [4.78, 5) is 39.8. The Morgan fingerprint density at radius 2 is 1.71 bits per heavy atom.